The minimum atomic E-state index is -1.18. The number of hydrogen-bond donors (Lipinski definition) is 2. The first-order valence-electron chi connectivity index (χ1n) is 4.29. The Bertz CT molecular complexity index is 398. The van der Waals surface area contributed by atoms with E-state index < -0.39 is 23.6 Å². The largest absolute Gasteiger partial charge is 0.505 e. The third kappa shape index (κ3) is 2.84. The van der Waals surface area contributed by atoms with Crippen molar-refractivity contribution < 1.29 is 19.0 Å². The van der Waals surface area contributed by atoms with Gasteiger partial charge in [-0.25, -0.2) is 4.39 Å². The number of halogens is 2. The van der Waals surface area contributed by atoms with Gasteiger partial charge in [-0.05, 0) is 18.6 Å². The summed E-state index contributed by atoms with van der Waals surface area (Å²) in [6, 6.07) is 1.42. The van der Waals surface area contributed by atoms with Crippen LogP contribution in [0.4, 0.5) is 4.39 Å². The van der Waals surface area contributed by atoms with E-state index in [0.717, 1.165) is 6.07 Å². The summed E-state index contributed by atoms with van der Waals surface area (Å²) in [5.41, 5.74) is 6.08. The SMILES string of the molecule is COC(=O)[C@@H](N)c1cc(C)cc(F)c1O.Cl. The van der Waals surface area contributed by atoms with E-state index in [1.54, 1.807) is 6.92 Å². The highest BCUT2D eigenvalue weighted by Crippen LogP contribution is 2.27. The Hall–Kier alpha value is -1.33. The van der Waals surface area contributed by atoms with Crippen molar-refractivity contribution in [1.82, 2.24) is 0 Å². The molecular weight excluding hydrogens is 237 g/mol. The van der Waals surface area contributed by atoms with Crippen LogP contribution in [-0.2, 0) is 9.53 Å². The van der Waals surface area contributed by atoms with Crippen molar-refractivity contribution in [2.24, 2.45) is 5.73 Å². The van der Waals surface area contributed by atoms with Gasteiger partial charge in [0.15, 0.2) is 11.6 Å². The average molecular weight is 250 g/mol. The molecule has 0 aliphatic carbocycles. The van der Waals surface area contributed by atoms with Gasteiger partial charge in [0.1, 0.15) is 6.04 Å². The van der Waals surface area contributed by atoms with E-state index in [-0.39, 0.29) is 18.0 Å². The van der Waals surface area contributed by atoms with Gasteiger partial charge in [0, 0.05) is 5.56 Å². The number of benzene rings is 1. The number of methoxy groups -OCH3 is 1. The molecule has 0 unspecified atom stereocenters. The molecule has 1 atom stereocenters. The summed E-state index contributed by atoms with van der Waals surface area (Å²) >= 11 is 0. The molecule has 0 radical (unpaired) electrons. The Kier molecular flexibility index (Phi) is 5.20. The second-order valence-corrected chi connectivity index (χ2v) is 3.19. The van der Waals surface area contributed by atoms with Crippen molar-refractivity contribution in [3.05, 3.63) is 29.1 Å². The molecule has 0 bridgehead atoms. The van der Waals surface area contributed by atoms with Crippen molar-refractivity contribution in [3.63, 3.8) is 0 Å². The normalized spacial score (nSPS) is 11.5. The van der Waals surface area contributed by atoms with Crippen molar-refractivity contribution in [3.8, 4) is 5.75 Å². The lowest BCUT2D eigenvalue weighted by Crippen LogP contribution is -2.23. The molecule has 0 saturated heterocycles. The minimum Gasteiger partial charge on any atom is -0.505 e. The fourth-order valence-corrected chi connectivity index (χ4v) is 1.25. The molecule has 4 nitrogen and oxygen atoms in total. The van der Waals surface area contributed by atoms with Crippen LogP contribution in [0.25, 0.3) is 0 Å². The Morgan fingerprint density at radius 1 is 1.56 bits per heavy atom. The van der Waals surface area contributed by atoms with E-state index in [2.05, 4.69) is 4.74 Å². The van der Waals surface area contributed by atoms with E-state index >= 15 is 0 Å². The van der Waals surface area contributed by atoms with Gasteiger partial charge in [-0.2, -0.15) is 0 Å². The summed E-state index contributed by atoms with van der Waals surface area (Å²) in [5, 5.41) is 9.37. The molecule has 0 amide bonds. The van der Waals surface area contributed by atoms with Crippen LogP contribution in [0, 0.1) is 12.7 Å². The molecular formula is C10H13ClFNO3. The Labute approximate surface area is 98.6 Å². The Morgan fingerprint density at radius 2 is 2.12 bits per heavy atom. The zero-order valence-corrected chi connectivity index (χ0v) is 9.68. The highest BCUT2D eigenvalue weighted by atomic mass is 35.5. The predicted molar refractivity (Wildman–Crippen MR) is 59.0 cm³/mol. The predicted octanol–water partition coefficient (Wildman–Crippen LogP) is 1.43. The van der Waals surface area contributed by atoms with Gasteiger partial charge in [0.05, 0.1) is 7.11 Å². The zero-order chi connectivity index (χ0) is 11.6. The number of carbonyl (C=O) groups excluding carboxylic acids is 1. The lowest BCUT2D eigenvalue weighted by atomic mass is 10.0. The van der Waals surface area contributed by atoms with Crippen LogP contribution < -0.4 is 5.73 Å². The van der Waals surface area contributed by atoms with Gasteiger partial charge in [-0.15, -0.1) is 12.4 Å². The lowest BCUT2D eigenvalue weighted by molar-refractivity contribution is -0.142. The summed E-state index contributed by atoms with van der Waals surface area (Å²) < 4.78 is 17.5. The average Bonchev–Trinajstić information content (AvgIpc) is 2.21. The number of phenols is 1. The summed E-state index contributed by atoms with van der Waals surface area (Å²) in [7, 11) is 1.17. The smallest absolute Gasteiger partial charge is 0.327 e. The number of phenolic OH excluding ortho intramolecular Hbond substituents is 1. The maximum atomic E-state index is 13.1. The number of aromatic hydroxyl groups is 1. The molecule has 1 aromatic rings. The van der Waals surface area contributed by atoms with Crippen LogP contribution in [0.2, 0.25) is 0 Å². The maximum Gasteiger partial charge on any atom is 0.327 e. The number of hydrogen-bond acceptors (Lipinski definition) is 4. The van der Waals surface area contributed by atoms with Crippen LogP contribution in [0.1, 0.15) is 17.2 Å². The molecule has 0 saturated carbocycles. The lowest BCUT2D eigenvalue weighted by Gasteiger charge is -2.12. The summed E-state index contributed by atoms with van der Waals surface area (Å²) in [4.78, 5) is 11.1. The fourth-order valence-electron chi connectivity index (χ4n) is 1.25. The molecule has 0 spiro atoms. The molecule has 0 heterocycles. The number of carbonyl (C=O) groups is 1. The number of esters is 1. The van der Waals surface area contributed by atoms with Gasteiger partial charge >= 0.3 is 5.97 Å². The second-order valence-electron chi connectivity index (χ2n) is 3.19. The quantitative estimate of drug-likeness (QED) is 0.778. The molecule has 1 aromatic carbocycles. The van der Waals surface area contributed by atoms with E-state index in [0.29, 0.717) is 5.56 Å². The van der Waals surface area contributed by atoms with Crippen molar-refractivity contribution in [1.29, 1.82) is 0 Å². The molecule has 1 rings (SSSR count). The molecule has 16 heavy (non-hydrogen) atoms. The van der Waals surface area contributed by atoms with Crippen molar-refractivity contribution in [2.75, 3.05) is 7.11 Å². The molecule has 3 N–H and O–H groups in total. The maximum absolute atomic E-state index is 13.1. The van der Waals surface area contributed by atoms with Crippen LogP contribution in [0.3, 0.4) is 0 Å². The van der Waals surface area contributed by atoms with Crippen LogP contribution in [0.15, 0.2) is 12.1 Å². The van der Waals surface area contributed by atoms with Gasteiger partial charge in [0.2, 0.25) is 0 Å². The first-order valence-corrected chi connectivity index (χ1v) is 4.29. The third-order valence-electron chi connectivity index (χ3n) is 2.03. The Morgan fingerprint density at radius 3 is 2.62 bits per heavy atom. The number of ether oxygens (including phenoxy) is 1. The standard InChI is InChI=1S/C10H12FNO3.ClH/c1-5-3-6(8(12)10(14)15-2)9(13)7(11)4-5;/h3-4,8,13H,12H2,1-2H3;1H/t8-;/m0./s1. The molecule has 0 aromatic heterocycles. The van der Waals surface area contributed by atoms with Crippen LogP contribution >= 0.6 is 12.4 Å². The summed E-state index contributed by atoms with van der Waals surface area (Å²) in [5.74, 6) is -2.14. The minimum absolute atomic E-state index is 0. The monoisotopic (exact) mass is 249 g/mol. The molecule has 6 heteroatoms. The van der Waals surface area contributed by atoms with E-state index in [9.17, 15) is 14.3 Å². The number of rotatable bonds is 2. The van der Waals surface area contributed by atoms with Crippen molar-refractivity contribution in [2.45, 2.75) is 13.0 Å². The third-order valence-corrected chi connectivity index (χ3v) is 2.03. The molecule has 0 aliphatic rings. The van der Waals surface area contributed by atoms with Crippen LogP contribution in [0.5, 0.6) is 5.75 Å². The zero-order valence-electron chi connectivity index (χ0n) is 8.86. The first kappa shape index (κ1) is 14.7. The van der Waals surface area contributed by atoms with Crippen molar-refractivity contribution >= 4 is 18.4 Å². The highest BCUT2D eigenvalue weighted by molar-refractivity contribution is 5.85. The highest BCUT2D eigenvalue weighted by Gasteiger charge is 2.22. The first-order chi connectivity index (χ1) is 6.97. The summed E-state index contributed by atoms with van der Waals surface area (Å²) in [6.07, 6.45) is 0. The topological polar surface area (TPSA) is 72.5 Å². The number of aryl methyl sites for hydroxylation is 1. The van der Waals surface area contributed by atoms with E-state index in [1.165, 1.54) is 13.2 Å². The van der Waals surface area contributed by atoms with E-state index in [4.69, 9.17) is 5.73 Å². The summed E-state index contributed by atoms with van der Waals surface area (Å²) in [6.45, 7) is 1.63. The molecule has 0 aliphatic heterocycles. The van der Waals surface area contributed by atoms with Gasteiger partial charge in [-0.3, -0.25) is 4.79 Å². The van der Waals surface area contributed by atoms with Gasteiger partial charge in [0.25, 0.3) is 0 Å². The number of nitrogens with two attached hydrogens (primary N) is 1. The Balaban J connectivity index is 0.00000225. The second kappa shape index (κ2) is 5.67. The molecule has 90 valence electrons. The van der Waals surface area contributed by atoms with Gasteiger partial charge in [-0.1, -0.05) is 6.07 Å². The van der Waals surface area contributed by atoms with Gasteiger partial charge < -0.3 is 15.6 Å². The molecule has 0 fully saturated rings. The van der Waals surface area contributed by atoms with Crippen LogP contribution in [-0.4, -0.2) is 18.2 Å². The van der Waals surface area contributed by atoms with E-state index in [1.807, 2.05) is 0 Å². The fraction of sp³-hybridized carbons (Fsp3) is 0.300.